The molecule has 3 heteroatoms. The van der Waals surface area contributed by atoms with Crippen LogP contribution in [0.3, 0.4) is 0 Å². The molecule has 0 saturated heterocycles. The summed E-state index contributed by atoms with van der Waals surface area (Å²) in [6.45, 7) is 9.00. The second-order valence-corrected chi connectivity index (χ2v) is 6.77. The fraction of sp³-hybridized carbons (Fsp3) is 1.00. The van der Waals surface area contributed by atoms with E-state index in [1.807, 2.05) is 0 Å². The minimum absolute atomic E-state index is 0.196. The van der Waals surface area contributed by atoms with Crippen molar-refractivity contribution >= 4 is 19.4 Å². The molecule has 0 aliphatic carbocycles. The van der Waals surface area contributed by atoms with Crippen LogP contribution in [0.1, 0.15) is 79.1 Å². The van der Waals surface area contributed by atoms with Crippen LogP contribution in [0.5, 0.6) is 0 Å². The molecular formula is C15H33BClN. The van der Waals surface area contributed by atoms with Gasteiger partial charge in [0.25, 0.3) is 0 Å². The first-order chi connectivity index (χ1) is 8.45. The summed E-state index contributed by atoms with van der Waals surface area (Å²) < 4.78 is 0. The zero-order valence-electron chi connectivity index (χ0n) is 13.2. The van der Waals surface area contributed by atoms with Crippen LogP contribution < -0.4 is 5.32 Å². The Hall–Kier alpha value is 0.315. The van der Waals surface area contributed by atoms with Gasteiger partial charge in [-0.05, 0) is 32.6 Å². The Balaban J connectivity index is 4.23. The Bertz CT molecular complexity index is 199. The highest BCUT2D eigenvalue weighted by Gasteiger charge is 2.26. The van der Waals surface area contributed by atoms with Gasteiger partial charge in [0.1, 0.15) is 7.85 Å². The lowest BCUT2D eigenvalue weighted by atomic mass is 9.83. The molecule has 1 N–H and O–H groups in total. The summed E-state index contributed by atoms with van der Waals surface area (Å²) in [5, 5.41) is 3.97. The maximum atomic E-state index is 6.19. The first-order valence-corrected chi connectivity index (χ1v) is 8.30. The van der Waals surface area contributed by atoms with Crippen molar-refractivity contribution in [2.45, 2.75) is 95.9 Å². The third-order valence-corrected chi connectivity index (χ3v) is 4.31. The molecule has 0 saturated carbocycles. The average molecular weight is 274 g/mol. The SMILES string of the molecule is BC(NC(C)(CCCC)CCCCCC)C(C)Cl. The molecular weight excluding hydrogens is 240 g/mol. The second-order valence-electron chi connectivity index (χ2n) is 6.09. The predicted octanol–water partition coefficient (Wildman–Crippen LogP) is 4.08. The Morgan fingerprint density at radius 3 is 2.11 bits per heavy atom. The third kappa shape index (κ3) is 8.42. The predicted molar refractivity (Wildman–Crippen MR) is 87.5 cm³/mol. The van der Waals surface area contributed by atoms with Gasteiger partial charge in [-0.15, -0.1) is 11.6 Å². The standard InChI is InChI=1S/C15H33BClN/c1-5-7-9-10-12-15(4,11-8-6-2)18-14(16)13(3)17/h13-14,18H,5-12,16H2,1-4H3. The van der Waals surface area contributed by atoms with E-state index in [9.17, 15) is 0 Å². The molecule has 1 nitrogen and oxygen atoms in total. The van der Waals surface area contributed by atoms with Crippen molar-refractivity contribution in [3.8, 4) is 0 Å². The highest BCUT2D eigenvalue weighted by atomic mass is 35.5. The first-order valence-electron chi connectivity index (χ1n) is 7.87. The van der Waals surface area contributed by atoms with Crippen molar-refractivity contribution in [1.82, 2.24) is 5.32 Å². The van der Waals surface area contributed by atoms with Crippen molar-refractivity contribution in [2.75, 3.05) is 0 Å². The molecule has 108 valence electrons. The fourth-order valence-electron chi connectivity index (χ4n) is 2.44. The molecule has 0 radical (unpaired) electrons. The lowest BCUT2D eigenvalue weighted by molar-refractivity contribution is 0.280. The van der Waals surface area contributed by atoms with E-state index in [0.717, 1.165) is 0 Å². The molecule has 3 atom stereocenters. The summed E-state index contributed by atoms with van der Waals surface area (Å²) in [5.74, 6) is 0.389. The maximum absolute atomic E-state index is 6.19. The quantitative estimate of drug-likeness (QED) is 0.340. The molecule has 0 spiro atoms. The molecule has 18 heavy (non-hydrogen) atoms. The third-order valence-electron chi connectivity index (χ3n) is 3.93. The summed E-state index contributed by atoms with van der Waals surface area (Å²) in [7, 11) is 2.20. The molecule has 3 unspecified atom stereocenters. The molecule has 0 aromatic rings. The largest absolute Gasteiger partial charge is 0.315 e. The van der Waals surface area contributed by atoms with Crippen LogP contribution in [0.2, 0.25) is 0 Å². The van der Waals surface area contributed by atoms with E-state index in [0.29, 0.717) is 5.94 Å². The molecule has 0 rings (SSSR count). The normalized spacial score (nSPS) is 18.3. The Morgan fingerprint density at radius 2 is 1.61 bits per heavy atom. The van der Waals surface area contributed by atoms with E-state index >= 15 is 0 Å². The second kappa shape index (κ2) is 10.1. The minimum Gasteiger partial charge on any atom is -0.315 e. The van der Waals surface area contributed by atoms with Gasteiger partial charge in [-0.25, -0.2) is 0 Å². The zero-order chi connectivity index (χ0) is 14.0. The van der Waals surface area contributed by atoms with E-state index in [1.54, 1.807) is 0 Å². The Kier molecular flexibility index (Phi) is 10.3. The number of hydrogen-bond acceptors (Lipinski definition) is 1. The monoisotopic (exact) mass is 273 g/mol. The Morgan fingerprint density at radius 1 is 1.06 bits per heavy atom. The number of rotatable bonds is 11. The van der Waals surface area contributed by atoms with Gasteiger partial charge >= 0.3 is 0 Å². The molecule has 0 aromatic heterocycles. The molecule has 0 amide bonds. The highest BCUT2D eigenvalue weighted by Crippen LogP contribution is 2.23. The van der Waals surface area contributed by atoms with Crippen molar-refractivity contribution in [3.05, 3.63) is 0 Å². The lowest BCUT2D eigenvalue weighted by Gasteiger charge is -2.35. The van der Waals surface area contributed by atoms with E-state index in [2.05, 4.69) is 40.9 Å². The van der Waals surface area contributed by atoms with Crippen molar-refractivity contribution in [3.63, 3.8) is 0 Å². The average Bonchev–Trinajstić information content (AvgIpc) is 2.32. The number of nitrogens with one attached hydrogen (secondary N) is 1. The van der Waals surface area contributed by atoms with Crippen LogP contribution in [-0.2, 0) is 0 Å². The number of alkyl halides is 1. The van der Waals surface area contributed by atoms with Gasteiger partial charge in [0.2, 0.25) is 0 Å². The summed E-state index contributed by atoms with van der Waals surface area (Å²) in [6.07, 6.45) is 10.5. The minimum atomic E-state index is 0.196. The molecule has 0 aliphatic rings. The molecule has 0 heterocycles. The summed E-state index contributed by atoms with van der Waals surface area (Å²) in [5.41, 5.74) is 0.270. The van der Waals surface area contributed by atoms with Gasteiger partial charge in [-0.1, -0.05) is 52.4 Å². The summed E-state index contributed by atoms with van der Waals surface area (Å²) >= 11 is 6.19. The van der Waals surface area contributed by atoms with Gasteiger partial charge in [-0.3, -0.25) is 0 Å². The highest BCUT2D eigenvalue weighted by molar-refractivity contribution is 6.26. The van der Waals surface area contributed by atoms with Crippen LogP contribution in [0.4, 0.5) is 0 Å². The Labute approximate surface area is 121 Å². The van der Waals surface area contributed by atoms with Gasteiger partial charge < -0.3 is 5.32 Å². The molecule has 0 bridgehead atoms. The summed E-state index contributed by atoms with van der Waals surface area (Å²) in [4.78, 5) is 0. The number of halogens is 1. The van der Waals surface area contributed by atoms with Crippen LogP contribution in [-0.4, -0.2) is 24.7 Å². The van der Waals surface area contributed by atoms with Crippen molar-refractivity contribution in [1.29, 1.82) is 0 Å². The smallest absolute Gasteiger partial charge is 0.125 e. The van der Waals surface area contributed by atoms with Crippen molar-refractivity contribution < 1.29 is 0 Å². The summed E-state index contributed by atoms with van der Waals surface area (Å²) in [6, 6.07) is 0. The number of unbranched alkanes of at least 4 members (excludes halogenated alkanes) is 4. The van der Waals surface area contributed by atoms with E-state index in [-0.39, 0.29) is 10.9 Å². The maximum Gasteiger partial charge on any atom is 0.125 e. The van der Waals surface area contributed by atoms with Gasteiger partial charge in [-0.2, -0.15) is 0 Å². The van der Waals surface area contributed by atoms with Gasteiger partial charge in [0.05, 0.1) is 0 Å². The van der Waals surface area contributed by atoms with Crippen LogP contribution in [0.25, 0.3) is 0 Å². The zero-order valence-corrected chi connectivity index (χ0v) is 13.9. The molecule has 0 fully saturated rings. The molecule has 0 aliphatic heterocycles. The van der Waals surface area contributed by atoms with Crippen LogP contribution in [0, 0.1) is 0 Å². The van der Waals surface area contributed by atoms with E-state index in [1.165, 1.54) is 51.4 Å². The first kappa shape index (κ1) is 18.3. The lowest BCUT2D eigenvalue weighted by Crippen LogP contribution is -2.51. The van der Waals surface area contributed by atoms with Crippen molar-refractivity contribution in [2.24, 2.45) is 0 Å². The van der Waals surface area contributed by atoms with Crippen LogP contribution in [0.15, 0.2) is 0 Å². The van der Waals surface area contributed by atoms with E-state index in [4.69, 9.17) is 11.6 Å². The molecule has 0 aromatic carbocycles. The van der Waals surface area contributed by atoms with Crippen LogP contribution >= 0.6 is 11.6 Å². The van der Waals surface area contributed by atoms with E-state index < -0.39 is 0 Å². The van der Waals surface area contributed by atoms with Gasteiger partial charge in [0, 0.05) is 10.9 Å². The topological polar surface area (TPSA) is 12.0 Å². The number of hydrogen-bond donors (Lipinski definition) is 1. The fourth-order valence-corrected chi connectivity index (χ4v) is 2.51. The van der Waals surface area contributed by atoms with Gasteiger partial charge in [0.15, 0.2) is 0 Å².